The van der Waals surface area contributed by atoms with Crippen molar-refractivity contribution in [2.75, 3.05) is 0 Å². The van der Waals surface area contributed by atoms with Gasteiger partial charge < -0.3 is 5.11 Å². The predicted octanol–water partition coefficient (Wildman–Crippen LogP) is 4.33. The molecule has 1 atom stereocenters. The summed E-state index contributed by atoms with van der Waals surface area (Å²) in [6, 6.07) is 9.30. The van der Waals surface area contributed by atoms with Crippen LogP contribution in [0.3, 0.4) is 0 Å². The van der Waals surface area contributed by atoms with Gasteiger partial charge in [0.25, 0.3) is 0 Å². The highest BCUT2D eigenvalue weighted by atomic mass is 35.5. The molecule has 1 nitrogen and oxygen atoms in total. The minimum absolute atomic E-state index is 0.486. The molecule has 0 bridgehead atoms. The van der Waals surface area contributed by atoms with E-state index in [1.807, 2.05) is 29.6 Å². The van der Waals surface area contributed by atoms with Crippen LogP contribution < -0.4 is 0 Å². The summed E-state index contributed by atoms with van der Waals surface area (Å²) in [6.45, 7) is 0. The molecule has 1 unspecified atom stereocenters. The van der Waals surface area contributed by atoms with E-state index in [-0.39, 0.29) is 0 Å². The fourth-order valence-electron chi connectivity index (χ4n) is 1.51. The summed E-state index contributed by atoms with van der Waals surface area (Å²) >= 11 is 13.4. The molecule has 0 aliphatic rings. The topological polar surface area (TPSA) is 20.2 Å². The highest BCUT2D eigenvalue weighted by Crippen LogP contribution is 2.31. The van der Waals surface area contributed by atoms with Crippen LogP contribution in [-0.4, -0.2) is 5.11 Å². The molecule has 0 radical (unpaired) electrons. The Hall–Kier alpha value is -0.540. The molecule has 2 rings (SSSR count). The second-order valence-electron chi connectivity index (χ2n) is 3.44. The molecule has 2 aromatic rings. The Labute approximate surface area is 108 Å². The van der Waals surface area contributed by atoms with Gasteiger partial charge in [-0.25, -0.2) is 0 Å². The second kappa shape index (κ2) is 5.19. The van der Waals surface area contributed by atoms with Gasteiger partial charge in [0.1, 0.15) is 0 Å². The van der Waals surface area contributed by atoms with Gasteiger partial charge in [0, 0.05) is 11.4 Å². The summed E-state index contributed by atoms with van der Waals surface area (Å²) in [4.78, 5) is 0.793. The lowest BCUT2D eigenvalue weighted by Crippen LogP contribution is -2.00. The number of aliphatic hydroxyl groups excluding tert-OH is 1. The van der Waals surface area contributed by atoms with Gasteiger partial charge in [-0.05, 0) is 23.1 Å². The number of hydrogen-bond donors (Lipinski definition) is 1. The lowest BCUT2D eigenvalue weighted by molar-refractivity contribution is 0.182. The molecule has 0 amide bonds. The Balaban J connectivity index is 2.17. The molecule has 84 valence electrons. The Morgan fingerprint density at radius 3 is 2.50 bits per heavy atom. The maximum atomic E-state index is 10.0. The number of rotatable bonds is 3. The third kappa shape index (κ3) is 2.58. The molecule has 1 heterocycles. The minimum atomic E-state index is -0.590. The van der Waals surface area contributed by atoms with Gasteiger partial charge in [-0.2, -0.15) is 0 Å². The average molecular weight is 273 g/mol. The molecule has 1 aromatic carbocycles. The van der Waals surface area contributed by atoms with E-state index in [0.717, 1.165) is 10.4 Å². The first-order valence-electron chi connectivity index (χ1n) is 4.83. The second-order valence-corrected chi connectivity index (χ2v) is 5.21. The van der Waals surface area contributed by atoms with Crippen molar-refractivity contribution in [3.8, 4) is 0 Å². The van der Waals surface area contributed by atoms with E-state index in [0.29, 0.717) is 16.5 Å². The number of halogens is 2. The summed E-state index contributed by atoms with van der Waals surface area (Å²) in [7, 11) is 0. The lowest BCUT2D eigenvalue weighted by atomic mass is 10.1. The zero-order chi connectivity index (χ0) is 11.5. The van der Waals surface area contributed by atoms with E-state index in [1.165, 1.54) is 11.3 Å². The third-order valence-corrected chi connectivity index (χ3v) is 4.15. The maximum absolute atomic E-state index is 10.0. The summed E-state index contributed by atoms with van der Waals surface area (Å²) in [5.41, 5.74) is 0.932. The number of benzene rings is 1. The lowest BCUT2D eigenvalue weighted by Gasteiger charge is -2.10. The van der Waals surface area contributed by atoms with Crippen molar-refractivity contribution >= 4 is 34.5 Å². The average Bonchev–Trinajstić information content (AvgIpc) is 2.68. The van der Waals surface area contributed by atoms with Crippen molar-refractivity contribution in [2.24, 2.45) is 0 Å². The van der Waals surface area contributed by atoms with Crippen LogP contribution in [0, 0.1) is 0 Å². The Morgan fingerprint density at radius 2 is 1.88 bits per heavy atom. The molecule has 0 aliphatic heterocycles. The van der Waals surface area contributed by atoms with E-state index in [4.69, 9.17) is 23.2 Å². The van der Waals surface area contributed by atoms with Crippen LogP contribution in [0.1, 0.15) is 16.5 Å². The molecule has 4 heteroatoms. The quantitative estimate of drug-likeness (QED) is 0.882. The van der Waals surface area contributed by atoms with Crippen LogP contribution >= 0.6 is 34.5 Å². The first kappa shape index (κ1) is 11.9. The fourth-order valence-corrected chi connectivity index (χ4v) is 2.89. The Kier molecular flexibility index (Phi) is 3.87. The van der Waals surface area contributed by atoms with E-state index in [9.17, 15) is 5.11 Å². The van der Waals surface area contributed by atoms with E-state index in [1.54, 1.807) is 6.07 Å². The van der Waals surface area contributed by atoms with Gasteiger partial charge in [0.05, 0.1) is 16.0 Å². The smallest absolute Gasteiger partial charge is 0.0937 e. The van der Waals surface area contributed by atoms with Crippen molar-refractivity contribution in [2.45, 2.75) is 12.5 Å². The molecule has 0 fully saturated rings. The zero-order valence-corrected chi connectivity index (χ0v) is 10.7. The molecule has 0 aliphatic carbocycles. The third-order valence-electron chi connectivity index (χ3n) is 2.32. The van der Waals surface area contributed by atoms with Crippen molar-refractivity contribution in [1.82, 2.24) is 0 Å². The van der Waals surface area contributed by atoms with Gasteiger partial charge >= 0.3 is 0 Å². The van der Waals surface area contributed by atoms with Crippen molar-refractivity contribution in [1.29, 1.82) is 0 Å². The van der Waals surface area contributed by atoms with Gasteiger partial charge in [-0.3, -0.25) is 0 Å². The van der Waals surface area contributed by atoms with Crippen molar-refractivity contribution in [3.05, 3.63) is 56.2 Å². The molecular weight excluding hydrogens is 263 g/mol. The van der Waals surface area contributed by atoms with Gasteiger partial charge in [-0.15, -0.1) is 11.3 Å². The Morgan fingerprint density at radius 1 is 1.12 bits per heavy atom. The normalized spacial score (nSPS) is 12.7. The first-order chi connectivity index (χ1) is 7.68. The van der Waals surface area contributed by atoms with Crippen LogP contribution in [0.25, 0.3) is 0 Å². The number of hydrogen-bond acceptors (Lipinski definition) is 2. The van der Waals surface area contributed by atoms with Crippen LogP contribution in [-0.2, 0) is 6.42 Å². The van der Waals surface area contributed by atoms with Crippen LogP contribution in [0.4, 0.5) is 0 Å². The minimum Gasteiger partial charge on any atom is -0.387 e. The van der Waals surface area contributed by atoms with Gasteiger partial charge in [-0.1, -0.05) is 41.4 Å². The summed E-state index contributed by atoms with van der Waals surface area (Å²) in [5, 5.41) is 13.2. The maximum Gasteiger partial charge on any atom is 0.0937 e. The number of thiophene rings is 1. The zero-order valence-electron chi connectivity index (χ0n) is 8.36. The van der Waals surface area contributed by atoms with Crippen LogP contribution in [0.5, 0.6) is 0 Å². The molecule has 0 saturated carbocycles. The van der Waals surface area contributed by atoms with E-state index >= 15 is 0 Å². The van der Waals surface area contributed by atoms with Crippen molar-refractivity contribution in [3.63, 3.8) is 0 Å². The van der Waals surface area contributed by atoms with Gasteiger partial charge in [0.2, 0.25) is 0 Å². The number of aliphatic hydroxyl groups is 1. The molecule has 1 aromatic heterocycles. The summed E-state index contributed by atoms with van der Waals surface area (Å²) in [5.74, 6) is 0. The molecular formula is C12H10Cl2OS. The first-order valence-corrected chi connectivity index (χ1v) is 6.46. The molecule has 16 heavy (non-hydrogen) atoms. The standard InChI is InChI=1S/C12H10Cl2OS/c13-9-4-2-1-3-8(9)7-11(15)12-10(14)5-6-16-12/h1-6,11,15H,7H2. The Bertz CT molecular complexity index is 481. The SMILES string of the molecule is OC(Cc1ccccc1Cl)c1sccc1Cl. The van der Waals surface area contributed by atoms with E-state index in [2.05, 4.69) is 0 Å². The predicted molar refractivity (Wildman–Crippen MR) is 69.4 cm³/mol. The van der Waals surface area contributed by atoms with Gasteiger partial charge in [0.15, 0.2) is 0 Å². The fraction of sp³-hybridized carbons (Fsp3) is 0.167. The molecule has 0 saturated heterocycles. The highest BCUT2D eigenvalue weighted by molar-refractivity contribution is 7.10. The molecule has 0 spiro atoms. The summed E-state index contributed by atoms with van der Waals surface area (Å²) < 4.78 is 0. The largest absolute Gasteiger partial charge is 0.387 e. The monoisotopic (exact) mass is 272 g/mol. The highest BCUT2D eigenvalue weighted by Gasteiger charge is 2.14. The van der Waals surface area contributed by atoms with Crippen LogP contribution in [0.2, 0.25) is 10.0 Å². The molecule has 1 N–H and O–H groups in total. The summed E-state index contributed by atoms with van der Waals surface area (Å²) in [6.07, 6.45) is -0.104. The van der Waals surface area contributed by atoms with Crippen LogP contribution in [0.15, 0.2) is 35.7 Å². The van der Waals surface area contributed by atoms with Crippen molar-refractivity contribution < 1.29 is 5.11 Å². The van der Waals surface area contributed by atoms with E-state index < -0.39 is 6.10 Å².